The van der Waals surface area contributed by atoms with Gasteiger partial charge >= 0.3 is 0 Å². The molecule has 0 saturated heterocycles. The van der Waals surface area contributed by atoms with E-state index >= 15 is 0 Å². The Labute approximate surface area is 294 Å². The van der Waals surface area contributed by atoms with E-state index in [0.717, 1.165) is 50.0 Å². The number of fused-ring (bicyclic) bond motifs is 15. The highest BCUT2D eigenvalue weighted by Gasteiger charge is 2.26. The lowest BCUT2D eigenvalue weighted by atomic mass is 9.98. The molecule has 236 valence electrons. The molecule has 0 N–H and O–H groups in total. The molecule has 4 heterocycles. The summed E-state index contributed by atoms with van der Waals surface area (Å²) in [4.78, 5) is 10.9. The van der Waals surface area contributed by atoms with Gasteiger partial charge in [-0.3, -0.25) is 4.57 Å². The number of thiophene rings is 1. The van der Waals surface area contributed by atoms with Crippen molar-refractivity contribution in [1.29, 1.82) is 0 Å². The van der Waals surface area contributed by atoms with E-state index in [-0.39, 0.29) is 0 Å². The second-order valence-corrected chi connectivity index (χ2v) is 14.4. The van der Waals surface area contributed by atoms with Crippen molar-refractivity contribution in [2.24, 2.45) is 0 Å². The number of furan rings is 1. The van der Waals surface area contributed by atoms with Gasteiger partial charge < -0.3 is 4.42 Å². The van der Waals surface area contributed by atoms with Crippen LogP contribution in [0.15, 0.2) is 156 Å². The van der Waals surface area contributed by atoms with Crippen LogP contribution in [0.1, 0.15) is 0 Å². The molecule has 0 unspecified atom stereocenters. The summed E-state index contributed by atoms with van der Waals surface area (Å²) in [6, 6.07) is 54.2. The van der Waals surface area contributed by atoms with Crippen LogP contribution in [0, 0.1) is 0 Å². The topological polar surface area (TPSA) is 43.9 Å². The number of benzene rings is 8. The minimum atomic E-state index is 0.535. The first kappa shape index (κ1) is 27.3. The fraction of sp³-hybridized carbons (Fsp3) is 0. The molecule has 0 radical (unpaired) electrons. The SMILES string of the molecule is c1ccc2cc(-c3nc4oc5ccccc5c4nc3-n3c4ccccc4c4c5ccccc5c5c6cc7ccccc7cc6sc5c43)ccc2c1. The molecule has 0 fully saturated rings. The molecule has 0 aliphatic heterocycles. The van der Waals surface area contributed by atoms with Crippen LogP contribution in [0.4, 0.5) is 0 Å². The third-order valence-electron chi connectivity index (χ3n) is 10.5. The van der Waals surface area contributed by atoms with E-state index in [1.165, 1.54) is 57.9 Å². The first-order valence-corrected chi connectivity index (χ1v) is 18.0. The number of aromatic nitrogens is 3. The van der Waals surface area contributed by atoms with Gasteiger partial charge in [-0.2, -0.15) is 0 Å². The van der Waals surface area contributed by atoms with Crippen LogP contribution in [0.25, 0.3) is 114 Å². The van der Waals surface area contributed by atoms with E-state index in [9.17, 15) is 0 Å². The molecule has 0 aliphatic carbocycles. The Morgan fingerprint density at radius 3 is 1.98 bits per heavy atom. The Balaban J connectivity index is 1.32. The maximum Gasteiger partial charge on any atom is 0.247 e. The zero-order valence-corrected chi connectivity index (χ0v) is 27.9. The third-order valence-corrected chi connectivity index (χ3v) is 11.7. The second kappa shape index (κ2) is 10.0. The highest BCUT2D eigenvalue weighted by Crippen LogP contribution is 2.49. The van der Waals surface area contributed by atoms with Gasteiger partial charge in [0, 0.05) is 37.2 Å². The molecule has 5 heteroatoms. The molecule has 0 amide bonds. The smallest absolute Gasteiger partial charge is 0.247 e. The van der Waals surface area contributed by atoms with Crippen molar-refractivity contribution in [2.45, 2.75) is 0 Å². The van der Waals surface area contributed by atoms with Gasteiger partial charge in [-0.25, -0.2) is 9.97 Å². The number of nitrogens with zero attached hydrogens (tertiary/aromatic N) is 3. The van der Waals surface area contributed by atoms with E-state index in [2.05, 4.69) is 138 Å². The zero-order chi connectivity index (χ0) is 33.2. The van der Waals surface area contributed by atoms with Gasteiger partial charge in [-0.05, 0) is 68.7 Å². The van der Waals surface area contributed by atoms with E-state index in [4.69, 9.17) is 14.4 Å². The molecule has 0 spiro atoms. The summed E-state index contributed by atoms with van der Waals surface area (Å²) >= 11 is 1.87. The Morgan fingerprint density at radius 1 is 0.510 bits per heavy atom. The van der Waals surface area contributed by atoms with Crippen LogP contribution in [0.3, 0.4) is 0 Å². The van der Waals surface area contributed by atoms with Crippen molar-refractivity contribution in [3.63, 3.8) is 0 Å². The zero-order valence-electron chi connectivity index (χ0n) is 27.1. The Kier molecular flexibility index (Phi) is 5.35. The fourth-order valence-corrected chi connectivity index (χ4v) is 9.57. The Hall–Kier alpha value is -6.56. The molecule has 51 heavy (non-hydrogen) atoms. The number of hydrogen-bond donors (Lipinski definition) is 0. The average molecular weight is 668 g/mol. The summed E-state index contributed by atoms with van der Waals surface area (Å²) in [5.41, 5.74) is 6.09. The minimum absolute atomic E-state index is 0.535. The lowest BCUT2D eigenvalue weighted by molar-refractivity contribution is 0.653. The Morgan fingerprint density at radius 2 is 1.16 bits per heavy atom. The Bertz CT molecular complexity index is 3440. The van der Waals surface area contributed by atoms with E-state index in [1.807, 2.05) is 29.5 Å². The average Bonchev–Trinajstić information content (AvgIpc) is 3.85. The highest BCUT2D eigenvalue weighted by molar-refractivity contribution is 7.27. The van der Waals surface area contributed by atoms with Gasteiger partial charge in [0.05, 0.1) is 15.7 Å². The van der Waals surface area contributed by atoms with Crippen LogP contribution >= 0.6 is 11.3 Å². The third kappa shape index (κ3) is 3.73. The van der Waals surface area contributed by atoms with Gasteiger partial charge in [0.15, 0.2) is 5.82 Å². The second-order valence-electron chi connectivity index (χ2n) is 13.3. The first-order chi connectivity index (χ1) is 25.3. The van der Waals surface area contributed by atoms with Gasteiger partial charge in [0.25, 0.3) is 0 Å². The van der Waals surface area contributed by atoms with E-state index < -0.39 is 0 Å². The van der Waals surface area contributed by atoms with Crippen LogP contribution in [-0.2, 0) is 0 Å². The van der Waals surface area contributed by atoms with Crippen molar-refractivity contribution < 1.29 is 4.42 Å². The molecular weight excluding hydrogens is 643 g/mol. The monoisotopic (exact) mass is 667 g/mol. The summed E-state index contributed by atoms with van der Waals surface area (Å²) in [5.74, 6) is 0.787. The summed E-state index contributed by atoms with van der Waals surface area (Å²) < 4.78 is 11.3. The quantitative estimate of drug-likeness (QED) is 0.184. The molecular formula is C46H25N3OS. The molecule has 0 aliphatic rings. The molecule has 4 nitrogen and oxygen atoms in total. The van der Waals surface area contributed by atoms with Crippen molar-refractivity contribution in [2.75, 3.05) is 0 Å². The van der Waals surface area contributed by atoms with E-state index in [1.54, 1.807) is 0 Å². The van der Waals surface area contributed by atoms with Gasteiger partial charge in [0.1, 0.15) is 16.8 Å². The van der Waals surface area contributed by atoms with Gasteiger partial charge in [-0.15, -0.1) is 11.3 Å². The van der Waals surface area contributed by atoms with Crippen molar-refractivity contribution >= 4 is 108 Å². The maximum atomic E-state index is 6.37. The lowest BCUT2D eigenvalue weighted by Gasteiger charge is -2.14. The predicted octanol–water partition coefficient (Wildman–Crippen LogP) is 13.0. The van der Waals surface area contributed by atoms with Crippen molar-refractivity contribution in [1.82, 2.24) is 14.5 Å². The van der Waals surface area contributed by atoms with Crippen LogP contribution in [-0.4, -0.2) is 14.5 Å². The summed E-state index contributed by atoms with van der Waals surface area (Å²) in [7, 11) is 0. The molecule has 4 aromatic heterocycles. The van der Waals surface area contributed by atoms with Crippen LogP contribution in [0.2, 0.25) is 0 Å². The molecule has 8 aromatic carbocycles. The minimum Gasteiger partial charge on any atom is -0.436 e. The largest absolute Gasteiger partial charge is 0.436 e. The van der Waals surface area contributed by atoms with Crippen LogP contribution < -0.4 is 0 Å². The lowest BCUT2D eigenvalue weighted by Crippen LogP contribution is -2.03. The van der Waals surface area contributed by atoms with E-state index in [0.29, 0.717) is 5.71 Å². The van der Waals surface area contributed by atoms with Gasteiger partial charge in [-0.1, -0.05) is 115 Å². The predicted molar refractivity (Wildman–Crippen MR) is 214 cm³/mol. The molecule has 0 atom stereocenters. The number of hydrogen-bond acceptors (Lipinski definition) is 4. The standard InChI is InChI=1S/C46H25N3OS/c1-2-12-27-23-30(22-21-26(27)11-1)41-45(47-42-34-18-8-10-20-37(34)50-46(42)48-41)49-36-19-9-7-17-33(36)39-31-15-5-6-16-32(31)40-35-24-28-13-3-4-14-29(28)25-38(35)51-44(40)43(39)49/h1-25H. The first-order valence-electron chi connectivity index (χ1n) is 17.2. The summed E-state index contributed by atoms with van der Waals surface area (Å²) in [6.07, 6.45) is 0. The van der Waals surface area contributed by atoms with Crippen LogP contribution in [0.5, 0.6) is 0 Å². The van der Waals surface area contributed by atoms with Crippen molar-refractivity contribution in [3.8, 4) is 17.1 Å². The van der Waals surface area contributed by atoms with Gasteiger partial charge in [0.2, 0.25) is 5.71 Å². The molecule has 0 bridgehead atoms. The molecule has 12 aromatic rings. The molecule has 0 saturated carbocycles. The maximum absolute atomic E-state index is 6.37. The summed E-state index contributed by atoms with van der Waals surface area (Å²) in [5, 5.41) is 13.3. The number of para-hydroxylation sites is 2. The normalized spacial score (nSPS) is 12.3. The summed E-state index contributed by atoms with van der Waals surface area (Å²) in [6.45, 7) is 0. The fourth-order valence-electron chi connectivity index (χ4n) is 8.28. The van der Waals surface area contributed by atoms with Crippen molar-refractivity contribution in [3.05, 3.63) is 152 Å². The highest BCUT2D eigenvalue weighted by atomic mass is 32.1. The number of rotatable bonds is 2. The molecule has 12 rings (SSSR count).